The number of amides is 1. The van der Waals surface area contributed by atoms with Crippen LogP contribution in [0, 0.1) is 5.92 Å². The third-order valence-corrected chi connectivity index (χ3v) is 4.45. The molecule has 2 atom stereocenters. The molecule has 1 aliphatic heterocycles. The van der Waals surface area contributed by atoms with Gasteiger partial charge in [-0.05, 0) is 49.1 Å². The number of hydrogen-bond acceptors (Lipinski definition) is 1. The number of halogens is 2. The molecule has 3 rings (SSSR count). The molecule has 126 valence electrons. The molecule has 4 heteroatoms. The molecule has 2 aromatic carbocycles. The molecule has 0 spiro atoms. The molecule has 0 bridgehead atoms. The van der Waals surface area contributed by atoms with E-state index in [1.54, 1.807) is 0 Å². The maximum Gasteiger partial charge on any atom is 0.223 e. The van der Waals surface area contributed by atoms with Crippen molar-refractivity contribution in [1.82, 2.24) is 5.32 Å². The minimum atomic E-state index is 0.0936. The van der Waals surface area contributed by atoms with Gasteiger partial charge in [0.05, 0.1) is 6.04 Å². The van der Waals surface area contributed by atoms with E-state index in [4.69, 9.17) is 23.2 Å². The zero-order chi connectivity index (χ0) is 17.4. The van der Waals surface area contributed by atoms with E-state index < -0.39 is 0 Å². The fraction of sp³-hybridized carbons (Fsp3) is 0.250. The van der Waals surface area contributed by atoms with Crippen LogP contribution in [-0.2, 0) is 4.79 Å². The van der Waals surface area contributed by atoms with Gasteiger partial charge < -0.3 is 5.32 Å². The van der Waals surface area contributed by atoms with E-state index in [1.165, 1.54) is 0 Å². The van der Waals surface area contributed by atoms with E-state index in [1.807, 2.05) is 60.7 Å². The Morgan fingerprint density at radius 3 is 2.12 bits per heavy atom. The lowest BCUT2D eigenvalue weighted by atomic mass is 9.88. The lowest BCUT2D eigenvalue weighted by molar-refractivity contribution is -0.127. The average Bonchev–Trinajstić information content (AvgIpc) is 2.59. The second-order valence-corrected chi connectivity index (χ2v) is 6.58. The predicted octanol–water partition coefficient (Wildman–Crippen LogP) is 5.82. The molecule has 24 heavy (non-hydrogen) atoms. The first-order valence-corrected chi connectivity index (χ1v) is 8.73. The van der Waals surface area contributed by atoms with Crippen molar-refractivity contribution in [1.29, 1.82) is 0 Å². The summed E-state index contributed by atoms with van der Waals surface area (Å²) in [7, 11) is 0. The van der Waals surface area contributed by atoms with E-state index in [9.17, 15) is 4.79 Å². The fourth-order valence-corrected chi connectivity index (χ4v) is 2.92. The van der Waals surface area contributed by atoms with Crippen LogP contribution in [0.3, 0.4) is 0 Å². The van der Waals surface area contributed by atoms with Crippen molar-refractivity contribution in [2.45, 2.75) is 25.3 Å². The summed E-state index contributed by atoms with van der Waals surface area (Å²) in [6, 6.07) is 17.2. The van der Waals surface area contributed by atoms with Crippen LogP contribution in [0.2, 0.25) is 10.0 Å². The third-order valence-electron chi connectivity index (χ3n) is 3.95. The van der Waals surface area contributed by atoms with Crippen molar-refractivity contribution in [3.8, 4) is 0 Å². The smallest absolute Gasteiger partial charge is 0.223 e. The van der Waals surface area contributed by atoms with Gasteiger partial charge in [-0.3, -0.25) is 4.79 Å². The van der Waals surface area contributed by atoms with Gasteiger partial charge in [-0.1, -0.05) is 59.6 Å². The van der Waals surface area contributed by atoms with Gasteiger partial charge in [0, 0.05) is 16.0 Å². The van der Waals surface area contributed by atoms with Gasteiger partial charge in [0.1, 0.15) is 0 Å². The van der Waals surface area contributed by atoms with Gasteiger partial charge in [-0.2, -0.15) is 0 Å². The topological polar surface area (TPSA) is 29.1 Å². The minimum Gasteiger partial charge on any atom is -0.349 e. The zero-order valence-corrected chi connectivity index (χ0v) is 14.9. The van der Waals surface area contributed by atoms with E-state index >= 15 is 0 Å². The van der Waals surface area contributed by atoms with Crippen LogP contribution in [0.25, 0.3) is 0 Å². The molecule has 0 radical (unpaired) electrons. The summed E-state index contributed by atoms with van der Waals surface area (Å²) in [4.78, 5) is 11.8. The molecule has 1 heterocycles. The maximum atomic E-state index is 11.8. The molecule has 0 aliphatic carbocycles. The summed E-state index contributed by atoms with van der Waals surface area (Å²) in [6.45, 7) is 3.68. The number of hydrogen-bond donors (Lipinski definition) is 1. The zero-order valence-electron chi connectivity index (χ0n) is 13.4. The molecule has 0 saturated carbocycles. The summed E-state index contributed by atoms with van der Waals surface area (Å²) in [5.74, 6) is 0.229. The summed E-state index contributed by atoms with van der Waals surface area (Å²) in [5, 5.41) is 4.57. The molecule has 1 fully saturated rings. The molecule has 2 nitrogen and oxygen atoms in total. The van der Waals surface area contributed by atoms with Crippen LogP contribution in [0.1, 0.15) is 30.9 Å². The van der Waals surface area contributed by atoms with Crippen LogP contribution in [-0.4, -0.2) is 5.91 Å². The summed E-state index contributed by atoms with van der Waals surface area (Å²) in [6.07, 6.45) is 4.48. The Bertz CT molecular complexity index is 655. The molecule has 2 aromatic rings. The van der Waals surface area contributed by atoms with Crippen molar-refractivity contribution in [2.75, 3.05) is 0 Å². The number of allylic oxidation sites excluding steroid dienone is 1. The van der Waals surface area contributed by atoms with Crippen molar-refractivity contribution in [2.24, 2.45) is 5.92 Å². The second-order valence-electron chi connectivity index (χ2n) is 5.71. The Morgan fingerprint density at radius 1 is 1.00 bits per heavy atom. The Morgan fingerprint density at radius 2 is 1.62 bits per heavy atom. The van der Waals surface area contributed by atoms with E-state index in [0.717, 1.165) is 34.9 Å². The largest absolute Gasteiger partial charge is 0.349 e. The number of benzene rings is 2. The molecule has 1 unspecified atom stereocenters. The van der Waals surface area contributed by atoms with Crippen LogP contribution in [0.15, 0.2) is 67.3 Å². The van der Waals surface area contributed by atoms with E-state index in [0.29, 0.717) is 0 Å². The van der Waals surface area contributed by atoms with Gasteiger partial charge in [0.15, 0.2) is 0 Å². The number of carbonyl (C=O) groups is 1. The predicted molar refractivity (Wildman–Crippen MR) is 101 cm³/mol. The Balaban J connectivity index is 0.000000249. The highest BCUT2D eigenvalue weighted by atomic mass is 35.5. The fourth-order valence-electron chi connectivity index (χ4n) is 2.65. The van der Waals surface area contributed by atoms with Crippen LogP contribution in [0.5, 0.6) is 0 Å². The first-order chi connectivity index (χ1) is 11.6. The highest BCUT2D eigenvalue weighted by Crippen LogP contribution is 2.28. The SMILES string of the molecule is C=CC[C@H]1CCC(c2ccc(Cl)cc2)NC1=O.Clc1ccccc1. The van der Waals surface area contributed by atoms with Crippen molar-refractivity contribution in [3.63, 3.8) is 0 Å². The van der Waals surface area contributed by atoms with Gasteiger partial charge >= 0.3 is 0 Å². The van der Waals surface area contributed by atoms with Crippen LogP contribution in [0.4, 0.5) is 0 Å². The van der Waals surface area contributed by atoms with E-state index in [2.05, 4.69) is 11.9 Å². The molecular formula is C20H21Cl2NO. The Kier molecular flexibility index (Phi) is 7.36. The lowest BCUT2D eigenvalue weighted by Gasteiger charge is -2.29. The summed E-state index contributed by atoms with van der Waals surface area (Å²) < 4.78 is 0. The van der Waals surface area contributed by atoms with Gasteiger partial charge in [-0.15, -0.1) is 6.58 Å². The average molecular weight is 362 g/mol. The standard InChI is InChI=1S/C14H16ClNO.C6H5Cl/c1-2-3-11-6-9-13(16-14(11)17)10-4-7-12(15)8-5-10;7-6-4-2-1-3-5-6/h2,4-5,7-8,11,13H,1,3,6,9H2,(H,16,17);1-5H/t11-,13?;/m0./s1. The molecule has 0 aromatic heterocycles. The highest BCUT2D eigenvalue weighted by molar-refractivity contribution is 6.30. The molecular weight excluding hydrogens is 341 g/mol. The van der Waals surface area contributed by atoms with E-state index in [-0.39, 0.29) is 17.9 Å². The second kappa shape index (κ2) is 9.51. The summed E-state index contributed by atoms with van der Waals surface area (Å²) in [5.41, 5.74) is 1.12. The monoisotopic (exact) mass is 361 g/mol. The van der Waals surface area contributed by atoms with Crippen molar-refractivity contribution < 1.29 is 4.79 Å². The first-order valence-electron chi connectivity index (χ1n) is 7.97. The van der Waals surface area contributed by atoms with Gasteiger partial charge in [0.2, 0.25) is 5.91 Å². The van der Waals surface area contributed by atoms with Crippen molar-refractivity contribution >= 4 is 29.1 Å². The number of piperidine rings is 1. The molecule has 1 N–H and O–H groups in total. The quantitative estimate of drug-likeness (QED) is 0.685. The normalized spacial score (nSPS) is 19.7. The Hall–Kier alpha value is -1.77. The van der Waals surface area contributed by atoms with Gasteiger partial charge in [0.25, 0.3) is 0 Å². The number of rotatable bonds is 3. The molecule has 1 aliphatic rings. The molecule has 1 amide bonds. The maximum absolute atomic E-state index is 11.8. The lowest BCUT2D eigenvalue weighted by Crippen LogP contribution is -2.38. The third kappa shape index (κ3) is 5.70. The molecule has 1 saturated heterocycles. The Labute approximate surface area is 153 Å². The first kappa shape index (κ1) is 18.6. The highest BCUT2D eigenvalue weighted by Gasteiger charge is 2.27. The number of nitrogens with one attached hydrogen (secondary N) is 1. The minimum absolute atomic E-state index is 0.0936. The van der Waals surface area contributed by atoms with Gasteiger partial charge in [-0.25, -0.2) is 0 Å². The van der Waals surface area contributed by atoms with Crippen LogP contribution >= 0.6 is 23.2 Å². The van der Waals surface area contributed by atoms with Crippen LogP contribution < -0.4 is 5.32 Å². The number of carbonyl (C=O) groups excluding carboxylic acids is 1. The van der Waals surface area contributed by atoms with Crippen molar-refractivity contribution in [3.05, 3.63) is 82.9 Å². The summed E-state index contributed by atoms with van der Waals surface area (Å²) >= 11 is 11.4.